The summed E-state index contributed by atoms with van der Waals surface area (Å²) in [4.78, 5) is 0. The minimum atomic E-state index is -6.39. The van der Waals surface area contributed by atoms with Gasteiger partial charge >= 0.3 is 23.9 Å². The number of halogens is 10. The topological polar surface area (TPSA) is 9.23 Å². The summed E-state index contributed by atoms with van der Waals surface area (Å²) in [5.74, 6) is -18.0. The summed E-state index contributed by atoms with van der Waals surface area (Å²) in [5.41, 5.74) is 0. The molecule has 0 aliphatic rings. The van der Waals surface area contributed by atoms with Crippen LogP contribution in [0.2, 0.25) is 12.6 Å². The maximum atomic E-state index is 13.0. The van der Waals surface area contributed by atoms with Gasteiger partial charge in [-0.15, -0.1) is 22.2 Å². The first-order valence-corrected chi connectivity index (χ1v) is 10.2. The molecule has 0 aromatic rings. The van der Waals surface area contributed by atoms with Gasteiger partial charge in [0.25, 0.3) is 0 Å². The van der Waals surface area contributed by atoms with Gasteiger partial charge in [-0.1, -0.05) is 0 Å². The molecule has 0 aliphatic heterocycles. The van der Waals surface area contributed by atoms with Crippen molar-refractivity contribution in [2.75, 3.05) is 6.61 Å². The molecule has 0 spiro atoms. The second kappa shape index (κ2) is 6.36. The van der Waals surface area contributed by atoms with Crippen LogP contribution in [0, 0.1) is 0 Å². The molecule has 0 N–H and O–H groups in total. The molecular formula is C9H12Cl2F8OSi. The summed E-state index contributed by atoms with van der Waals surface area (Å²) < 4.78 is 106. The zero-order valence-electron chi connectivity index (χ0n) is 10.8. The van der Waals surface area contributed by atoms with E-state index in [1.807, 2.05) is 0 Å². The van der Waals surface area contributed by atoms with Crippen LogP contribution in [0.3, 0.4) is 0 Å². The van der Waals surface area contributed by atoms with E-state index in [0.717, 1.165) is 0 Å². The number of hydrogen-bond acceptors (Lipinski definition) is 1. The van der Waals surface area contributed by atoms with Crippen molar-refractivity contribution in [1.29, 1.82) is 0 Å². The lowest BCUT2D eigenvalue weighted by Gasteiger charge is -2.34. The van der Waals surface area contributed by atoms with E-state index < -0.39 is 44.1 Å². The van der Waals surface area contributed by atoms with Crippen molar-refractivity contribution in [1.82, 2.24) is 0 Å². The Kier molecular flexibility index (Phi) is 6.42. The Balaban J connectivity index is 4.89. The monoisotopic (exact) mass is 386 g/mol. The number of alkyl halides is 8. The third kappa shape index (κ3) is 5.10. The normalized spacial score (nSPS) is 15.4. The molecule has 0 radical (unpaired) electrons. The molecule has 0 aliphatic carbocycles. The third-order valence-electron chi connectivity index (χ3n) is 2.35. The first-order valence-electron chi connectivity index (χ1n) is 5.49. The van der Waals surface area contributed by atoms with Crippen LogP contribution in [-0.2, 0) is 4.74 Å². The predicted molar refractivity (Wildman–Crippen MR) is 64.2 cm³/mol. The molecule has 0 saturated carbocycles. The quantitative estimate of drug-likeness (QED) is 0.233. The smallest absolute Gasteiger partial charge is 0.316 e. The van der Waals surface area contributed by atoms with Gasteiger partial charge in [-0.05, 0) is 19.0 Å². The SMILES string of the molecule is CC(F)(F)C(F)(F)C(F)(F)C(F)(F)OCCC[Si](C)(Cl)Cl. The average molecular weight is 387 g/mol. The Hall–Kier alpha value is 0.197. The summed E-state index contributed by atoms with van der Waals surface area (Å²) >= 11 is 11.2. The lowest BCUT2D eigenvalue weighted by atomic mass is 10.1. The molecule has 12 heteroatoms. The summed E-state index contributed by atoms with van der Waals surface area (Å²) in [5, 5.41) is 0. The summed E-state index contributed by atoms with van der Waals surface area (Å²) in [6, 6.07) is -0.0297. The molecule has 0 fully saturated rings. The molecular weight excluding hydrogens is 375 g/mol. The van der Waals surface area contributed by atoms with Crippen LogP contribution in [-0.4, -0.2) is 37.2 Å². The van der Waals surface area contributed by atoms with Crippen LogP contribution >= 0.6 is 22.2 Å². The van der Waals surface area contributed by atoms with Crippen molar-refractivity contribution in [2.45, 2.75) is 49.8 Å². The molecule has 0 saturated heterocycles. The van der Waals surface area contributed by atoms with Gasteiger partial charge in [0.2, 0.25) is 6.69 Å². The summed E-state index contributed by atoms with van der Waals surface area (Å²) in [7, 11) is 0. The van der Waals surface area contributed by atoms with Gasteiger partial charge in [-0.3, -0.25) is 0 Å². The van der Waals surface area contributed by atoms with Crippen LogP contribution < -0.4 is 0 Å². The van der Waals surface area contributed by atoms with E-state index in [1.165, 1.54) is 6.55 Å². The number of hydrogen-bond donors (Lipinski definition) is 0. The Morgan fingerprint density at radius 1 is 0.905 bits per heavy atom. The van der Waals surface area contributed by atoms with E-state index in [4.69, 9.17) is 22.2 Å². The summed E-state index contributed by atoms with van der Waals surface area (Å²) in [6.07, 6.45) is -6.08. The second-order valence-corrected chi connectivity index (χ2v) is 12.8. The van der Waals surface area contributed by atoms with E-state index >= 15 is 0 Å². The maximum absolute atomic E-state index is 13.0. The zero-order valence-corrected chi connectivity index (χ0v) is 13.3. The standard InChI is InChI=1S/C9H12Cl2F8OSi/c1-6(12,13)7(14,15)8(16,17)9(18,19)20-4-3-5-21(2,10)11/h3-5H2,1-2H3. The van der Waals surface area contributed by atoms with Crippen molar-refractivity contribution >= 4 is 28.9 Å². The highest BCUT2D eigenvalue weighted by atomic mass is 35.7. The Labute approximate surface area is 125 Å². The summed E-state index contributed by atoms with van der Waals surface area (Å²) in [6.45, 7) is -2.97. The van der Waals surface area contributed by atoms with Crippen molar-refractivity contribution in [3.05, 3.63) is 0 Å². The van der Waals surface area contributed by atoms with Crippen LogP contribution in [0.5, 0.6) is 0 Å². The fourth-order valence-corrected chi connectivity index (χ4v) is 2.70. The maximum Gasteiger partial charge on any atom is 0.426 e. The van der Waals surface area contributed by atoms with Gasteiger partial charge < -0.3 is 4.74 Å². The molecule has 0 atom stereocenters. The van der Waals surface area contributed by atoms with Gasteiger partial charge in [0.1, 0.15) is 0 Å². The molecule has 0 bridgehead atoms. The predicted octanol–water partition coefficient (Wildman–Crippen LogP) is 5.46. The Morgan fingerprint density at radius 2 is 1.33 bits per heavy atom. The first-order chi connectivity index (χ1) is 8.96. The van der Waals surface area contributed by atoms with Crippen LogP contribution in [0.25, 0.3) is 0 Å². The number of rotatable bonds is 8. The fourth-order valence-electron chi connectivity index (χ4n) is 1.13. The zero-order chi connectivity index (χ0) is 17.3. The van der Waals surface area contributed by atoms with Crippen molar-refractivity contribution in [2.24, 2.45) is 0 Å². The molecule has 0 rings (SSSR count). The van der Waals surface area contributed by atoms with E-state index in [9.17, 15) is 35.1 Å². The highest BCUT2D eigenvalue weighted by molar-refractivity contribution is 7.44. The van der Waals surface area contributed by atoms with Crippen LogP contribution in [0.1, 0.15) is 13.3 Å². The van der Waals surface area contributed by atoms with Gasteiger partial charge in [0.05, 0.1) is 6.61 Å². The highest BCUT2D eigenvalue weighted by Gasteiger charge is 2.80. The van der Waals surface area contributed by atoms with Gasteiger partial charge in [0, 0.05) is 6.92 Å². The minimum absolute atomic E-state index is 0.0297. The van der Waals surface area contributed by atoms with Crippen molar-refractivity contribution in [3.8, 4) is 0 Å². The van der Waals surface area contributed by atoms with Crippen molar-refractivity contribution in [3.63, 3.8) is 0 Å². The van der Waals surface area contributed by atoms with E-state index in [2.05, 4.69) is 4.74 Å². The lowest BCUT2D eigenvalue weighted by Crippen LogP contribution is -2.62. The molecule has 1 nitrogen and oxygen atoms in total. The molecule has 128 valence electrons. The number of ether oxygens (including phenoxy) is 1. The molecule has 21 heavy (non-hydrogen) atoms. The third-order valence-corrected chi connectivity index (χ3v) is 4.72. The molecule has 0 aromatic heterocycles. The fraction of sp³-hybridized carbons (Fsp3) is 1.00. The Morgan fingerprint density at radius 3 is 1.67 bits per heavy atom. The van der Waals surface area contributed by atoms with E-state index in [0.29, 0.717) is 0 Å². The molecule has 0 heterocycles. The Bertz CT molecular complexity index is 353. The molecule has 0 aromatic carbocycles. The average Bonchev–Trinajstić information content (AvgIpc) is 2.21. The van der Waals surface area contributed by atoms with Crippen molar-refractivity contribution < 1.29 is 39.9 Å². The minimum Gasteiger partial charge on any atom is -0.316 e. The second-order valence-electron chi connectivity index (χ2n) is 4.58. The van der Waals surface area contributed by atoms with Gasteiger partial charge in [-0.25, -0.2) is 0 Å². The largest absolute Gasteiger partial charge is 0.426 e. The van der Waals surface area contributed by atoms with Crippen LogP contribution in [0.4, 0.5) is 35.1 Å². The van der Waals surface area contributed by atoms with Gasteiger partial charge in [-0.2, -0.15) is 35.1 Å². The molecule has 0 amide bonds. The lowest BCUT2D eigenvalue weighted by molar-refractivity contribution is -0.425. The van der Waals surface area contributed by atoms with Gasteiger partial charge in [0.15, 0.2) is 0 Å². The highest BCUT2D eigenvalue weighted by Crippen LogP contribution is 2.52. The van der Waals surface area contributed by atoms with Crippen LogP contribution in [0.15, 0.2) is 0 Å². The van der Waals surface area contributed by atoms with E-state index in [1.54, 1.807) is 0 Å². The molecule has 0 unspecified atom stereocenters. The first kappa shape index (κ1) is 21.2. The van der Waals surface area contributed by atoms with E-state index in [-0.39, 0.29) is 12.5 Å².